The summed E-state index contributed by atoms with van der Waals surface area (Å²) in [6, 6.07) is 9.56. The molecule has 2 N–H and O–H groups in total. The van der Waals surface area contributed by atoms with E-state index in [1.165, 1.54) is 46.3 Å². The molecule has 0 radical (unpaired) electrons. The average molecular weight is 302 g/mol. The van der Waals surface area contributed by atoms with Gasteiger partial charge in [-0.25, -0.2) is 0 Å². The minimum absolute atomic E-state index is 0.664. The zero-order valence-corrected chi connectivity index (χ0v) is 14.0. The normalized spacial score (nSPS) is 15.5. The highest BCUT2D eigenvalue weighted by molar-refractivity contribution is 7.19. The molecule has 0 spiro atoms. The highest BCUT2D eigenvalue weighted by atomic mass is 32.1. The van der Waals surface area contributed by atoms with Crippen LogP contribution in [0.4, 0.5) is 0 Å². The van der Waals surface area contributed by atoms with Crippen molar-refractivity contribution in [1.82, 2.24) is 4.90 Å². The molecule has 2 nitrogen and oxygen atoms in total. The largest absolute Gasteiger partial charge is 0.326 e. The predicted octanol–water partition coefficient (Wildman–Crippen LogP) is 4.37. The van der Waals surface area contributed by atoms with E-state index < -0.39 is 0 Å². The van der Waals surface area contributed by atoms with Crippen LogP contribution in [-0.4, -0.2) is 17.5 Å². The second-order valence-electron chi connectivity index (χ2n) is 6.59. The Labute approximate surface area is 131 Å². The van der Waals surface area contributed by atoms with Crippen LogP contribution in [0.25, 0.3) is 10.1 Å². The number of hydrogen-bond donors (Lipinski definition) is 1. The SMILES string of the molecule is CC(C)CCN(Cc1c(CN)sc2ccccc12)C1CC1. The number of rotatable bonds is 7. The molecule has 3 rings (SSSR count). The van der Waals surface area contributed by atoms with Crippen molar-refractivity contribution in [2.45, 2.75) is 52.2 Å². The topological polar surface area (TPSA) is 29.3 Å². The van der Waals surface area contributed by atoms with Gasteiger partial charge in [0.15, 0.2) is 0 Å². The maximum Gasteiger partial charge on any atom is 0.0349 e. The molecule has 1 aliphatic rings. The molecule has 2 aromatic rings. The Bertz CT molecular complexity index is 598. The first-order chi connectivity index (χ1) is 10.2. The fraction of sp³-hybridized carbons (Fsp3) is 0.556. The Morgan fingerprint density at radius 2 is 2.05 bits per heavy atom. The summed E-state index contributed by atoms with van der Waals surface area (Å²) < 4.78 is 1.38. The Hall–Kier alpha value is -0.900. The van der Waals surface area contributed by atoms with Crippen molar-refractivity contribution in [3.8, 4) is 0 Å². The molecule has 21 heavy (non-hydrogen) atoms. The number of benzene rings is 1. The molecule has 1 aliphatic carbocycles. The highest BCUT2D eigenvalue weighted by Crippen LogP contribution is 2.35. The molecule has 3 heteroatoms. The predicted molar refractivity (Wildman–Crippen MR) is 92.6 cm³/mol. The minimum atomic E-state index is 0.664. The van der Waals surface area contributed by atoms with Gasteiger partial charge in [-0.05, 0) is 48.7 Å². The molecule has 1 heterocycles. The van der Waals surface area contributed by atoms with Crippen LogP contribution < -0.4 is 5.73 Å². The molecule has 1 aromatic carbocycles. The smallest absolute Gasteiger partial charge is 0.0349 e. The number of nitrogens with two attached hydrogens (primary N) is 1. The summed E-state index contributed by atoms with van der Waals surface area (Å²) in [6.45, 7) is 7.59. The summed E-state index contributed by atoms with van der Waals surface area (Å²) >= 11 is 1.87. The van der Waals surface area contributed by atoms with Crippen LogP contribution in [0.1, 0.15) is 43.6 Å². The number of thiophene rings is 1. The van der Waals surface area contributed by atoms with Gasteiger partial charge in [-0.2, -0.15) is 0 Å². The van der Waals surface area contributed by atoms with Crippen molar-refractivity contribution in [1.29, 1.82) is 0 Å². The van der Waals surface area contributed by atoms with E-state index in [1.54, 1.807) is 0 Å². The number of fused-ring (bicyclic) bond motifs is 1. The summed E-state index contributed by atoms with van der Waals surface area (Å²) in [7, 11) is 0. The maximum absolute atomic E-state index is 6.00. The van der Waals surface area contributed by atoms with Crippen molar-refractivity contribution in [3.05, 3.63) is 34.7 Å². The van der Waals surface area contributed by atoms with Crippen molar-refractivity contribution in [2.24, 2.45) is 11.7 Å². The van der Waals surface area contributed by atoms with E-state index >= 15 is 0 Å². The molecule has 1 saturated carbocycles. The Morgan fingerprint density at radius 3 is 2.71 bits per heavy atom. The van der Waals surface area contributed by atoms with Crippen LogP contribution in [-0.2, 0) is 13.1 Å². The quantitative estimate of drug-likeness (QED) is 0.823. The van der Waals surface area contributed by atoms with Crippen LogP contribution in [0.15, 0.2) is 24.3 Å². The van der Waals surface area contributed by atoms with E-state index in [0.717, 1.165) is 18.5 Å². The molecule has 0 amide bonds. The molecule has 0 aliphatic heterocycles. The lowest BCUT2D eigenvalue weighted by molar-refractivity contribution is 0.240. The second kappa shape index (κ2) is 6.47. The summed E-state index contributed by atoms with van der Waals surface area (Å²) in [5, 5.41) is 1.41. The van der Waals surface area contributed by atoms with Gasteiger partial charge in [-0.15, -0.1) is 11.3 Å². The molecule has 114 valence electrons. The van der Waals surface area contributed by atoms with Gasteiger partial charge in [0.25, 0.3) is 0 Å². The van der Waals surface area contributed by atoms with E-state index in [2.05, 4.69) is 43.0 Å². The summed E-state index contributed by atoms with van der Waals surface area (Å²) in [4.78, 5) is 4.06. The Balaban J connectivity index is 1.84. The minimum Gasteiger partial charge on any atom is -0.326 e. The molecule has 1 aromatic heterocycles. The fourth-order valence-electron chi connectivity index (χ4n) is 2.95. The molecule has 0 unspecified atom stereocenters. The van der Waals surface area contributed by atoms with Gasteiger partial charge in [0, 0.05) is 28.7 Å². The van der Waals surface area contributed by atoms with Gasteiger partial charge >= 0.3 is 0 Å². The third-order valence-electron chi connectivity index (χ3n) is 4.39. The van der Waals surface area contributed by atoms with Gasteiger partial charge in [-0.1, -0.05) is 32.0 Å². The van der Waals surface area contributed by atoms with Gasteiger partial charge in [0.1, 0.15) is 0 Å². The van der Waals surface area contributed by atoms with Crippen molar-refractivity contribution < 1.29 is 0 Å². The van der Waals surface area contributed by atoms with Crippen molar-refractivity contribution in [2.75, 3.05) is 6.54 Å². The maximum atomic E-state index is 6.00. The lowest BCUT2D eigenvalue weighted by Gasteiger charge is -2.23. The van der Waals surface area contributed by atoms with E-state index in [4.69, 9.17) is 5.73 Å². The van der Waals surface area contributed by atoms with Crippen LogP contribution in [0.5, 0.6) is 0 Å². The Kier molecular flexibility index (Phi) is 4.63. The third kappa shape index (κ3) is 3.47. The first kappa shape index (κ1) is 15.0. The van der Waals surface area contributed by atoms with Gasteiger partial charge in [0.05, 0.1) is 0 Å². The highest BCUT2D eigenvalue weighted by Gasteiger charge is 2.29. The molecule has 0 saturated heterocycles. The van der Waals surface area contributed by atoms with Crippen LogP contribution in [0, 0.1) is 5.92 Å². The first-order valence-corrected chi connectivity index (χ1v) is 8.94. The van der Waals surface area contributed by atoms with E-state index in [-0.39, 0.29) is 0 Å². The summed E-state index contributed by atoms with van der Waals surface area (Å²) in [5.41, 5.74) is 7.48. The summed E-state index contributed by atoms with van der Waals surface area (Å²) in [6.07, 6.45) is 4.03. The summed E-state index contributed by atoms with van der Waals surface area (Å²) in [5.74, 6) is 0.777. The zero-order valence-electron chi connectivity index (χ0n) is 13.1. The standard InChI is InChI=1S/C18H26N2S/c1-13(2)9-10-20(14-7-8-14)12-16-15-5-3-4-6-17(15)21-18(16)11-19/h3-6,13-14H,7-12,19H2,1-2H3. The zero-order chi connectivity index (χ0) is 14.8. The lowest BCUT2D eigenvalue weighted by Crippen LogP contribution is -2.28. The molecular weight excluding hydrogens is 276 g/mol. The average Bonchev–Trinajstić information content (AvgIpc) is 3.25. The molecular formula is C18H26N2S. The van der Waals surface area contributed by atoms with Gasteiger partial charge in [0.2, 0.25) is 0 Å². The second-order valence-corrected chi connectivity index (χ2v) is 7.72. The monoisotopic (exact) mass is 302 g/mol. The van der Waals surface area contributed by atoms with E-state index in [1.807, 2.05) is 11.3 Å². The Morgan fingerprint density at radius 1 is 1.29 bits per heavy atom. The van der Waals surface area contributed by atoms with Gasteiger partial charge in [-0.3, -0.25) is 4.90 Å². The van der Waals surface area contributed by atoms with Gasteiger partial charge < -0.3 is 5.73 Å². The lowest BCUT2D eigenvalue weighted by atomic mass is 10.1. The third-order valence-corrected chi connectivity index (χ3v) is 5.62. The van der Waals surface area contributed by atoms with Crippen LogP contribution in [0.2, 0.25) is 0 Å². The van der Waals surface area contributed by atoms with Crippen LogP contribution in [0.3, 0.4) is 0 Å². The van der Waals surface area contributed by atoms with E-state index in [0.29, 0.717) is 6.54 Å². The van der Waals surface area contributed by atoms with Crippen molar-refractivity contribution >= 4 is 21.4 Å². The fourth-order valence-corrected chi connectivity index (χ4v) is 4.04. The number of hydrogen-bond acceptors (Lipinski definition) is 3. The number of nitrogens with zero attached hydrogens (tertiary/aromatic N) is 1. The molecule has 0 bridgehead atoms. The molecule has 1 fully saturated rings. The van der Waals surface area contributed by atoms with E-state index in [9.17, 15) is 0 Å². The first-order valence-electron chi connectivity index (χ1n) is 8.12. The van der Waals surface area contributed by atoms with Crippen LogP contribution >= 0.6 is 11.3 Å². The molecule has 0 atom stereocenters. The van der Waals surface area contributed by atoms with Crippen molar-refractivity contribution in [3.63, 3.8) is 0 Å².